The fourth-order valence-electron chi connectivity index (χ4n) is 1.38. The lowest BCUT2D eigenvalue weighted by atomic mass is 10.3. The highest BCUT2D eigenvalue weighted by Crippen LogP contribution is 2.12. The van der Waals surface area contributed by atoms with Crippen LogP contribution >= 0.6 is 0 Å². The number of hydrogen-bond acceptors (Lipinski definition) is 1. The molecule has 0 saturated carbocycles. The van der Waals surface area contributed by atoms with Crippen molar-refractivity contribution in [2.75, 3.05) is 18.0 Å². The van der Waals surface area contributed by atoms with E-state index < -0.39 is 0 Å². The molecule has 3 nitrogen and oxygen atoms in total. The molecule has 1 N–H and O–H groups in total. The van der Waals surface area contributed by atoms with Crippen molar-refractivity contribution >= 4 is 11.7 Å². The van der Waals surface area contributed by atoms with Gasteiger partial charge in [0.2, 0.25) is 0 Å². The minimum Gasteiger partial charge on any atom is -0.338 e. The zero-order valence-electron chi connectivity index (χ0n) is 9.36. The largest absolute Gasteiger partial charge is 0.338 e. The summed E-state index contributed by atoms with van der Waals surface area (Å²) < 4.78 is 0. The van der Waals surface area contributed by atoms with E-state index in [1.54, 1.807) is 4.90 Å². The second-order valence-corrected chi connectivity index (χ2v) is 3.31. The molecular formula is C12H18N2O. The van der Waals surface area contributed by atoms with Crippen molar-refractivity contribution in [1.82, 2.24) is 5.32 Å². The number of para-hydroxylation sites is 1. The van der Waals surface area contributed by atoms with Gasteiger partial charge < -0.3 is 5.32 Å². The average Bonchev–Trinajstić information content (AvgIpc) is 2.29. The van der Waals surface area contributed by atoms with E-state index in [0.29, 0.717) is 6.54 Å². The number of amides is 2. The first-order chi connectivity index (χ1) is 7.29. The van der Waals surface area contributed by atoms with Gasteiger partial charge in [-0.1, -0.05) is 25.1 Å². The maximum Gasteiger partial charge on any atom is 0.321 e. The summed E-state index contributed by atoms with van der Waals surface area (Å²) in [6, 6.07) is 9.67. The molecule has 0 unspecified atom stereocenters. The third-order valence-corrected chi connectivity index (χ3v) is 2.16. The monoisotopic (exact) mass is 206 g/mol. The first-order valence-corrected chi connectivity index (χ1v) is 5.40. The van der Waals surface area contributed by atoms with Crippen molar-refractivity contribution in [3.63, 3.8) is 0 Å². The van der Waals surface area contributed by atoms with Gasteiger partial charge in [0, 0.05) is 18.8 Å². The van der Waals surface area contributed by atoms with Gasteiger partial charge in [0.1, 0.15) is 0 Å². The molecule has 1 aromatic rings. The predicted octanol–water partition coefficient (Wildman–Crippen LogP) is 2.63. The molecule has 0 aliphatic heterocycles. The van der Waals surface area contributed by atoms with Gasteiger partial charge in [-0.2, -0.15) is 0 Å². The highest BCUT2D eigenvalue weighted by molar-refractivity contribution is 5.91. The van der Waals surface area contributed by atoms with Gasteiger partial charge in [0.15, 0.2) is 0 Å². The van der Waals surface area contributed by atoms with E-state index in [0.717, 1.165) is 18.7 Å². The Labute approximate surface area is 91.1 Å². The molecule has 2 amide bonds. The Morgan fingerprint density at radius 3 is 2.47 bits per heavy atom. The van der Waals surface area contributed by atoms with Gasteiger partial charge in [-0.3, -0.25) is 4.90 Å². The van der Waals surface area contributed by atoms with Crippen LogP contribution in [-0.2, 0) is 0 Å². The van der Waals surface area contributed by atoms with Gasteiger partial charge in [0.05, 0.1) is 0 Å². The number of carbonyl (C=O) groups is 1. The lowest BCUT2D eigenvalue weighted by Crippen LogP contribution is -2.40. The first-order valence-electron chi connectivity index (χ1n) is 5.40. The van der Waals surface area contributed by atoms with Crippen molar-refractivity contribution in [2.24, 2.45) is 0 Å². The highest BCUT2D eigenvalue weighted by Gasteiger charge is 2.11. The molecule has 0 fully saturated rings. The molecule has 0 saturated heterocycles. The second-order valence-electron chi connectivity index (χ2n) is 3.31. The molecular weight excluding hydrogens is 188 g/mol. The van der Waals surface area contributed by atoms with Crippen molar-refractivity contribution < 1.29 is 4.79 Å². The maximum absolute atomic E-state index is 11.7. The quantitative estimate of drug-likeness (QED) is 0.807. The number of nitrogens with zero attached hydrogens (tertiary/aromatic N) is 1. The smallest absolute Gasteiger partial charge is 0.321 e. The number of hydrogen-bond donors (Lipinski definition) is 1. The number of benzene rings is 1. The lowest BCUT2D eigenvalue weighted by molar-refractivity contribution is 0.246. The van der Waals surface area contributed by atoms with Crippen molar-refractivity contribution in [2.45, 2.75) is 20.3 Å². The molecule has 0 aliphatic carbocycles. The molecule has 82 valence electrons. The summed E-state index contributed by atoms with van der Waals surface area (Å²) >= 11 is 0. The fourth-order valence-corrected chi connectivity index (χ4v) is 1.38. The number of carbonyl (C=O) groups excluding carboxylic acids is 1. The van der Waals surface area contributed by atoms with Crippen molar-refractivity contribution in [1.29, 1.82) is 0 Å². The summed E-state index contributed by atoms with van der Waals surface area (Å²) in [5.74, 6) is 0. The van der Waals surface area contributed by atoms with Crippen LogP contribution in [0.2, 0.25) is 0 Å². The summed E-state index contributed by atoms with van der Waals surface area (Å²) in [6.45, 7) is 5.42. The molecule has 0 spiro atoms. The number of anilines is 1. The van der Waals surface area contributed by atoms with E-state index in [1.165, 1.54) is 0 Å². The van der Waals surface area contributed by atoms with Gasteiger partial charge in [-0.05, 0) is 25.5 Å². The summed E-state index contributed by atoms with van der Waals surface area (Å²) in [5.41, 5.74) is 0.939. The van der Waals surface area contributed by atoms with Crippen LogP contribution in [0.15, 0.2) is 30.3 Å². The third-order valence-electron chi connectivity index (χ3n) is 2.16. The lowest BCUT2D eigenvalue weighted by Gasteiger charge is -2.21. The minimum absolute atomic E-state index is 0.0226. The van der Waals surface area contributed by atoms with Gasteiger partial charge in [0.25, 0.3) is 0 Å². The molecule has 15 heavy (non-hydrogen) atoms. The fraction of sp³-hybridized carbons (Fsp3) is 0.417. The molecule has 0 radical (unpaired) electrons. The Balaban J connectivity index is 2.67. The van der Waals surface area contributed by atoms with Crippen molar-refractivity contribution in [3.8, 4) is 0 Å². The summed E-state index contributed by atoms with van der Waals surface area (Å²) in [6.07, 6.45) is 0.956. The molecule has 0 bridgehead atoms. The van der Waals surface area contributed by atoms with Gasteiger partial charge in [-0.15, -0.1) is 0 Å². The highest BCUT2D eigenvalue weighted by atomic mass is 16.2. The first kappa shape index (κ1) is 11.6. The normalized spacial score (nSPS) is 9.73. The van der Waals surface area contributed by atoms with E-state index >= 15 is 0 Å². The Morgan fingerprint density at radius 2 is 1.93 bits per heavy atom. The number of nitrogens with one attached hydrogen (secondary N) is 1. The van der Waals surface area contributed by atoms with E-state index in [2.05, 4.69) is 5.32 Å². The molecule has 3 heteroatoms. The van der Waals surface area contributed by atoms with E-state index in [4.69, 9.17) is 0 Å². The summed E-state index contributed by atoms with van der Waals surface area (Å²) in [5, 5.41) is 2.87. The molecule has 1 aromatic carbocycles. The number of rotatable bonds is 4. The van der Waals surface area contributed by atoms with Crippen LogP contribution in [0.1, 0.15) is 20.3 Å². The van der Waals surface area contributed by atoms with Crippen LogP contribution in [-0.4, -0.2) is 19.1 Å². The Hall–Kier alpha value is -1.51. The Bertz CT molecular complexity index is 298. The van der Waals surface area contributed by atoms with Crippen LogP contribution < -0.4 is 10.2 Å². The zero-order valence-corrected chi connectivity index (χ0v) is 9.36. The third kappa shape index (κ3) is 3.27. The maximum atomic E-state index is 11.7. The molecule has 0 atom stereocenters. The second kappa shape index (κ2) is 6.06. The van der Waals surface area contributed by atoms with Gasteiger partial charge in [-0.25, -0.2) is 4.79 Å². The molecule has 0 aromatic heterocycles. The summed E-state index contributed by atoms with van der Waals surface area (Å²) in [7, 11) is 0. The van der Waals surface area contributed by atoms with Crippen LogP contribution in [0.4, 0.5) is 10.5 Å². The van der Waals surface area contributed by atoms with Gasteiger partial charge >= 0.3 is 6.03 Å². The standard InChI is InChI=1S/C12H18N2O/c1-3-10-13-12(15)14(4-2)11-8-6-5-7-9-11/h5-9H,3-4,10H2,1-2H3,(H,13,15). The predicted molar refractivity (Wildman–Crippen MR) is 63.2 cm³/mol. The topological polar surface area (TPSA) is 32.3 Å². The molecule has 1 rings (SSSR count). The van der Waals surface area contributed by atoms with Crippen LogP contribution in [0.25, 0.3) is 0 Å². The zero-order chi connectivity index (χ0) is 11.1. The Morgan fingerprint density at radius 1 is 1.27 bits per heavy atom. The van der Waals surface area contributed by atoms with E-state index in [1.807, 2.05) is 44.2 Å². The molecule has 0 heterocycles. The van der Waals surface area contributed by atoms with Crippen LogP contribution in [0.3, 0.4) is 0 Å². The Kier molecular flexibility index (Phi) is 4.68. The van der Waals surface area contributed by atoms with Crippen LogP contribution in [0.5, 0.6) is 0 Å². The molecule has 0 aliphatic rings. The summed E-state index contributed by atoms with van der Waals surface area (Å²) in [4.78, 5) is 13.5. The number of urea groups is 1. The average molecular weight is 206 g/mol. The van der Waals surface area contributed by atoms with E-state index in [9.17, 15) is 4.79 Å². The SMILES string of the molecule is CCCNC(=O)N(CC)c1ccccc1. The minimum atomic E-state index is -0.0226. The van der Waals surface area contributed by atoms with E-state index in [-0.39, 0.29) is 6.03 Å². The van der Waals surface area contributed by atoms with Crippen LogP contribution in [0, 0.1) is 0 Å². The van der Waals surface area contributed by atoms with Crippen molar-refractivity contribution in [3.05, 3.63) is 30.3 Å².